The summed E-state index contributed by atoms with van der Waals surface area (Å²) in [5, 5.41) is 7.76. The summed E-state index contributed by atoms with van der Waals surface area (Å²) in [7, 11) is 0. The first kappa shape index (κ1) is 16.9. The Bertz CT molecular complexity index is 778. The zero-order valence-electron chi connectivity index (χ0n) is 14.5. The molecule has 0 aliphatic rings. The molecule has 0 fully saturated rings. The van der Waals surface area contributed by atoms with Crippen LogP contribution in [0.1, 0.15) is 12.6 Å². The molecule has 5 heteroatoms. The van der Waals surface area contributed by atoms with Gasteiger partial charge in [-0.25, -0.2) is 4.99 Å². The van der Waals surface area contributed by atoms with Gasteiger partial charge in [0.15, 0.2) is 5.96 Å². The van der Waals surface area contributed by atoms with Gasteiger partial charge in [-0.1, -0.05) is 36.4 Å². The van der Waals surface area contributed by atoms with Crippen LogP contribution in [0, 0.1) is 0 Å². The molecule has 0 atom stereocenters. The van der Waals surface area contributed by atoms with E-state index in [4.69, 9.17) is 4.74 Å². The first-order chi connectivity index (χ1) is 12.3. The van der Waals surface area contributed by atoms with Crippen LogP contribution < -0.4 is 15.4 Å². The fourth-order valence-electron chi connectivity index (χ4n) is 2.58. The van der Waals surface area contributed by atoms with Crippen LogP contribution in [-0.4, -0.2) is 30.6 Å². The first-order valence-electron chi connectivity index (χ1n) is 8.62. The number of rotatable bonds is 7. The highest BCUT2D eigenvalue weighted by Gasteiger charge is 2.01. The molecular weight excluding hydrogens is 312 g/mol. The molecule has 0 aliphatic carbocycles. The molecule has 3 aromatic rings. The van der Waals surface area contributed by atoms with Crippen LogP contribution in [0.5, 0.6) is 5.75 Å². The summed E-state index contributed by atoms with van der Waals surface area (Å²) in [6.07, 6.45) is 0. The zero-order valence-corrected chi connectivity index (χ0v) is 14.5. The van der Waals surface area contributed by atoms with Gasteiger partial charge in [0.05, 0.1) is 13.1 Å². The third-order valence-corrected chi connectivity index (χ3v) is 3.74. The van der Waals surface area contributed by atoms with Gasteiger partial charge in [0.1, 0.15) is 12.4 Å². The number of nitrogens with zero attached hydrogens (tertiary/aromatic N) is 1. The number of aromatic amines is 1. The van der Waals surface area contributed by atoms with Gasteiger partial charge in [0.2, 0.25) is 0 Å². The molecule has 0 radical (unpaired) electrons. The SMILES string of the molecule is CCNC(=NCc1cc2ccccc2[nH]1)NCCOc1ccccc1. The van der Waals surface area contributed by atoms with Gasteiger partial charge in [-0.2, -0.15) is 0 Å². The van der Waals surface area contributed by atoms with E-state index >= 15 is 0 Å². The van der Waals surface area contributed by atoms with Crippen molar-refractivity contribution in [1.29, 1.82) is 0 Å². The van der Waals surface area contributed by atoms with E-state index in [1.807, 2.05) is 42.5 Å². The smallest absolute Gasteiger partial charge is 0.191 e. The molecule has 130 valence electrons. The summed E-state index contributed by atoms with van der Waals surface area (Å²) in [5.74, 6) is 1.67. The summed E-state index contributed by atoms with van der Waals surface area (Å²) >= 11 is 0. The van der Waals surface area contributed by atoms with Crippen molar-refractivity contribution in [1.82, 2.24) is 15.6 Å². The Hall–Kier alpha value is -2.95. The molecule has 0 aliphatic heterocycles. The van der Waals surface area contributed by atoms with E-state index in [9.17, 15) is 0 Å². The van der Waals surface area contributed by atoms with Crippen LogP contribution >= 0.6 is 0 Å². The molecular formula is C20H24N4O. The Morgan fingerprint density at radius 3 is 2.64 bits per heavy atom. The molecule has 3 N–H and O–H groups in total. The zero-order chi connectivity index (χ0) is 17.3. The van der Waals surface area contributed by atoms with Crippen molar-refractivity contribution in [3.05, 3.63) is 66.4 Å². The Balaban J connectivity index is 1.51. The van der Waals surface area contributed by atoms with Gasteiger partial charge in [-0.05, 0) is 36.6 Å². The lowest BCUT2D eigenvalue weighted by atomic mass is 10.2. The highest BCUT2D eigenvalue weighted by molar-refractivity contribution is 5.81. The molecule has 5 nitrogen and oxygen atoms in total. The van der Waals surface area contributed by atoms with Gasteiger partial charge in [0, 0.05) is 17.8 Å². The summed E-state index contributed by atoms with van der Waals surface area (Å²) in [5.41, 5.74) is 2.24. The summed E-state index contributed by atoms with van der Waals surface area (Å²) in [4.78, 5) is 8.03. The van der Waals surface area contributed by atoms with E-state index in [-0.39, 0.29) is 0 Å². The van der Waals surface area contributed by atoms with Crippen LogP contribution in [0.15, 0.2) is 65.7 Å². The Morgan fingerprint density at radius 1 is 1.04 bits per heavy atom. The van der Waals surface area contributed by atoms with Crippen LogP contribution in [-0.2, 0) is 6.54 Å². The average molecular weight is 336 g/mol. The topological polar surface area (TPSA) is 61.4 Å². The van der Waals surface area contributed by atoms with Crippen molar-refractivity contribution < 1.29 is 4.74 Å². The van der Waals surface area contributed by atoms with Crippen LogP contribution in [0.2, 0.25) is 0 Å². The number of para-hydroxylation sites is 2. The number of benzene rings is 2. The number of fused-ring (bicyclic) bond motifs is 1. The van der Waals surface area contributed by atoms with Crippen molar-refractivity contribution in [2.45, 2.75) is 13.5 Å². The fraction of sp³-hybridized carbons (Fsp3) is 0.250. The van der Waals surface area contributed by atoms with Crippen molar-refractivity contribution in [3.63, 3.8) is 0 Å². The van der Waals surface area contributed by atoms with Crippen molar-refractivity contribution >= 4 is 16.9 Å². The van der Waals surface area contributed by atoms with E-state index < -0.39 is 0 Å². The Kier molecular flexibility index (Phi) is 5.93. The second-order valence-corrected chi connectivity index (χ2v) is 5.67. The van der Waals surface area contributed by atoms with Crippen molar-refractivity contribution in [2.24, 2.45) is 4.99 Å². The van der Waals surface area contributed by atoms with E-state index in [2.05, 4.69) is 45.7 Å². The number of guanidine groups is 1. The predicted octanol–water partition coefficient (Wildman–Crippen LogP) is 3.30. The van der Waals surface area contributed by atoms with E-state index in [1.54, 1.807) is 0 Å². The second kappa shape index (κ2) is 8.78. The third-order valence-electron chi connectivity index (χ3n) is 3.74. The fourth-order valence-corrected chi connectivity index (χ4v) is 2.58. The standard InChI is InChI=1S/C20H24N4O/c1-2-21-20(22-12-13-25-18-9-4-3-5-10-18)23-15-17-14-16-8-6-7-11-19(16)24-17/h3-11,14,24H,2,12-13,15H2,1H3,(H2,21,22,23). The van der Waals surface area contributed by atoms with Crippen molar-refractivity contribution in [2.75, 3.05) is 19.7 Å². The molecule has 2 aromatic carbocycles. The predicted molar refractivity (Wildman–Crippen MR) is 103 cm³/mol. The average Bonchev–Trinajstić information content (AvgIpc) is 3.07. The molecule has 0 amide bonds. The lowest BCUT2D eigenvalue weighted by molar-refractivity contribution is 0.322. The molecule has 1 heterocycles. The molecule has 0 saturated carbocycles. The molecule has 0 unspecified atom stereocenters. The second-order valence-electron chi connectivity index (χ2n) is 5.67. The maximum absolute atomic E-state index is 5.69. The molecule has 25 heavy (non-hydrogen) atoms. The number of ether oxygens (including phenoxy) is 1. The van der Waals surface area contributed by atoms with Gasteiger partial charge in [-0.3, -0.25) is 0 Å². The quantitative estimate of drug-likeness (QED) is 0.352. The number of nitrogens with one attached hydrogen (secondary N) is 3. The van der Waals surface area contributed by atoms with Gasteiger partial charge in [-0.15, -0.1) is 0 Å². The van der Waals surface area contributed by atoms with Crippen LogP contribution in [0.3, 0.4) is 0 Å². The van der Waals surface area contributed by atoms with Crippen molar-refractivity contribution in [3.8, 4) is 5.75 Å². The van der Waals surface area contributed by atoms with Crippen LogP contribution in [0.4, 0.5) is 0 Å². The molecule has 1 aromatic heterocycles. The number of hydrogen-bond donors (Lipinski definition) is 3. The largest absolute Gasteiger partial charge is 0.492 e. The minimum absolute atomic E-state index is 0.584. The Morgan fingerprint density at radius 2 is 1.84 bits per heavy atom. The van der Waals surface area contributed by atoms with E-state index in [1.165, 1.54) is 5.39 Å². The van der Waals surface area contributed by atoms with Gasteiger partial charge >= 0.3 is 0 Å². The summed E-state index contributed by atoms with van der Waals surface area (Å²) in [6.45, 7) is 4.75. The van der Waals surface area contributed by atoms with E-state index in [0.717, 1.165) is 29.5 Å². The van der Waals surface area contributed by atoms with E-state index in [0.29, 0.717) is 19.7 Å². The minimum atomic E-state index is 0.584. The molecule has 0 saturated heterocycles. The summed E-state index contributed by atoms with van der Waals surface area (Å²) < 4.78 is 5.69. The number of aliphatic imine (C=N–C) groups is 1. The number of H-pyrrole nitrogens is 1. The maximum atomic E-state index is 5.69. The normalized spacial score (nSPS) is 11.5. The maximum Gasteiger partial charge on any atom is 0.191 e. The molecule has 3 rings (SSSR count). The lowest BCUT2D eigenvalue weighted by Crippen LogP contribution is -2.39. The number of aromatic nitrogens is 1. The number of hydrogen-bond acceptors (Lipinski definition) is 2. The van der Waals surface area contributed by atoms with Crippen LogP contribution in [0.25, 0.3) is 10.9 Å². The first-order valence-corrected chi connectivity index (χ1v) is 8.62. The monoisotopic (exact) mass is 336 g/mol. The minimum Gasteiger partial charge on any atom is -0.492 e. The Labute approximate surface area is 148 Å². The van der Waals surface area contributed by atoms with Gasteiger partial charge in [0.25, 0.3) is 0 Å². The highest BCUT2D eigenvalue weighted by atomic mass is 16.5. The summed E-state index contributed by atoms with van der Waals surface area (Å²) in [6, 6.07) is 20.2. The highest BCUT2D eigenvalue weighted by Crippen LogP contribution is 2.15. The third kappa shape index (κ3) is 5.01. The molecule has 0 bridgehead atoms. The van der Waals surface area contributed by atoms with Gasteiger partial charge < -0.3 is 20.4 Å². The lowest BCUT2D eigenvalue weighted by Gasteiger charge is -2.11. The molecule has 0 spiro atoms.